The first kappa shape index (κ1) is 10.6. The smallest absolute Gasteiger partial charge is 0.414 e. The lowest BCUT2D eigenvalue weighted by atomic mass is 10.1. The van der Waals surface area contributed by atoms with Crippen molar-refractivity contribution in [3.8, 4) is 0 Å². The van der Waals surface area contributed by atoms with E-state index in [1.807, 2.05) is 0 Å². The summed E-state index contributed by atoms with van der Waals surface area (Å²) in [5.41, 5.74) is 0. The summed E-state index contributed by atoms with van der Waals surface area (Å²) < 4.78 is 4.73. The third-order valence-electron chi connectivity index (χ3n) is 1.97. The average Bonchev–Trinajstić information content (AvgIpc) is 2.18. The Hall–Kier alpha value is -1.52. The van der Waals surface area contributed by atoms with Gasteiger partial charge in [0.15, 0.2) is 0 Å². The second kappa shape index (κ2) is 4.64. The van der Waals surface area contributed by atoms with Crippen molar-refractivity contribution < 1.29 is 19.4 Å². The van der Waals surface area contributed by atoms with Crippen LogP contribution < -0.4 is 0 Å². The van der Waals surface area contributed by atoms with E-state index in [0.717, 1.165) is 4.90 Å². The molecule has 5 heteroatoms. The first-order valence-corrected chi connectivity index (χ1v) is 4.51. The highest BCUT2D eigenvalue weighted by Crippen LogP contribution is 2.16. The fourth-order valence-corrected chi connectivity index (χ4v) is 1.31. The molecule has 0 saturated carbocycles. The molecule has 1 rings (SSSR count). The molecule has 1 amide bonds. The summed E-state index contributed by atoms with van der Waals surface area (Å²) in [7, 11) is 0. The van der Waals surface area contributed by atoms with Gasteiger partial charge in [-0.3, -0.25) is 4.90 Å². The lowest BCUT2D eigenvalue weighted by Gasteiger charge is -2.27. The minimum atomic E-state index is -0.998. The lowest BCUT2D eigenvalue weighted by Crippen LogP contribution is -2.43. The first-order valence-electron chi connectivity index (χ1n) is 4.51. The van der Waals surface area contributed by atoms with Crippen molar-refractivity contribution >= 4 is 12.1 Å². The zero-order chi connectivity index (χ0) is 10.6. The number of carbonyl (C=O) groups excluding carboxylic acids is 1. The molecular weight excluding hydrogens is 186 g/mol. The number of ether oxygens (including phenoxy) is 1. The Morgan fingerprint density at radius 2 is 2.36 bits per heavy atom. The number of hydrogen-bond acceptors (Lipinski definition) is 3. The maximum Gasteiger partial charge on any atom is 0.414 e. The highest BCUT2D eigenvalue weighted by molar-refractivity contribution is 5.81. The van der Waals surface area contributed by atoms with Gasteiger partial charge >= 0.3 is 12.1 Å². The van der Waals surface area contributed by atoms with E-state index in [-0.39, 0.29) is 6.61 Å². The maximum atomic E-state index is 11.3. The molecule has 0 bridgehead atoms. The summed E-state index contributed by atoms with van der Waals surface area (Å²) in [4.78, 5) is 23.2. The largest absolute Gasteiger partial charge is 0.480 e. The van der Waals surface area contributed by atoms with E-state index in [0.29, 0.717) is 12.8 Å². The van der Waals surface area contributed by atoms with Crippen molar-refractivity contribution in [1.29, 1.82) is 0 Å². The molecule has 0 aromatic heterocycles. The molecule has 14 heavy (non-hydrogen) atoms. The van der Waals surface area contributed by atoms with E-state index >= 15 is 0 Å². The molecular formula is C9H13NO4. The third kappa shape index (κ3) is 2.25. The molecule has 0 spiro atoms. The number of allylic oxidation sites excluding steroid dienone is 1. The predicted octanol–water partition coefficient (Wildman–Crippen LogP) is 1.21. The van der Waals surface area contributed by atoms with Crippen LogP contribution in [0.5, 0.6) is 0 Å². The monoisotopic (exact) mass is 199 g/mol. The van der Waals surface area contributed by atoms with Crippen LogP contribution in [0.3, 0.4) is 0 Å². The summed E-state index contributed by atoms with van der Waals surface area (Å²) in [6.07, 6.45) is 3.74. The number of carbonyl (C=O) groups is 2. The van der Waals surface area contributed by atoms with E-state index in [2.05, 4.69) is 0 Å². The Kier molecular flexibility index (Phi) is 3.50. The van der Waals surface area contributed by atoms with Gasteiger partial charge in [0.2, 0.25) is 0 Å². The number of nitrogens with zero attached hydrogens (tertiary/aromatic N) is 1. The fourth-order valence-electron chi connectivity index (χ4n) is 1.31. The van der Waals surface area contributed by atoms with Crippen LogP contribution in [-0.2, 0) is 9.53 Å². The first-order chi connectivity index (χ1) is 6.66. The number of aliphatic carboxylic acids is 1. The van der Waals surface area contributed by atoms with Crippen molar-refractivity contribution in [1.82, 2.24) is 4.90 Å². The van der Waals surface area contributed by atoms with Crippen LogP contribution in [0.15, 0.2) is 12.3 Å². The zero-order valence-corrected chi connectivity index (χ0v) is 7.97. The number of carboxylic acid groups (broad SMARTS) is 1. The Morgan fingerprint density at radius 1 is 1.64 bits per heavy atom. The molecule has 0 saturated heterocycles. The summed E-state index contributed by atoms with van der Waals surface area (Å²) >= 11 is 0. The summed E-state index contributed by atoms with van der Waals surface area (Å²) in [6.45, 7) is 1.93. The number of carboxylic acids is 1. The SMILES string of the molecule is CCOC(=O)N1C=CCCC1C(=O)O. The van der Waals surface area contributed by atoms with Crippen molar-refractivity contribution in [3.63, 3.8) is 0 Å². The van der Waals surface area contributed by atoms with Crippen LogP contribution in [0.4, 0.5) is 4.79 Å². The Bertz CT molecular complexity index is 262. The van der Waals surface area contributed by atoms with Gasteiger partial charge in [-0.1, -0.05) is 6.08 Å². The van der Waals surface area contributed by atoms with E-state index < -0.39 is 18.1 Å². The molecule has 1 unspecified atom stereocenters. The van der Waals surface area contributed by atoms with E-state index in [9.17, 15) is 9.59 Å². The molecule has 1 N–H and O–H groups in total. The van der Waals surface area contributed by atoms with Gasteiger partial charge in [-0.2, -0.15) is 0 Å². The molecule has 1 heterocycles. The van der Waals surface area contributed by atoms with Gasteiger partial charge in [0.05, 0.1) is 6.61 Å². The Labute approximate surface area is 82.0 Å². The van der Waals surface area contributed by atoms with E-state index in [1.165, 1.54) is 6.20 Å². The third-order valence-corrected chi connectivity index (χ3v) is 1.97. The molecule has 0 fully saturated rings. The van der Waals surface area contributed by atoms with Crippen molar-refractivity contribution in [2.24, 2.45) is 0 Å². The van der Waals surface area contributed by atoms with Crippen molar-refractivity contribution in [3.05, 3.63) is 12.3 Å². The average molecular weight is 199 g/mol. The van der Waals surface area contributed by atoms with Gasteiger partial charge in [-0.25, -0.2) is 9.59 Å². The highest BCUT2D eigenvalue weighted by Gasteiger charge is 2.30. The van der Waals surface area contributed by atoms with E-state index in [1.54, 1.807) is 13.0 Å². The molecule has 1 atom stereocenters. The summed E-state index contributed by atoms with van der Waals surface area (Å²) in [5, 5.41) is 8.84. The van der Waals surface area contributed by atoms with Gasteiger partial charge in [0.25, 0.3) is 0 Å². The molecule has 0 aromatic carbocycles. The summed E-state index contributed by atoms with van der Waals surface area (Å²) in [5.74, 6) is -0.998. The molecule has 0 aromatic rings. The standard InChI is InChI=1S/C9H13NO4/c1-2-14-9(13)10-6-4-3-5-7(10)8(11)12/h4,6-7H,2-3,5H2,1H3,(H,11,12). The van der Waals surface area contributed by atoms with Crippen molar-refractivity contribution in [2.45, 2.75) is 25.8 Å². The second-order valence-corrected chi connectivity index (χ2v) is 2.92. The number of hydrogen-bond donors (Lipinski definition) is 1. The van der Waals surface area contributed by atoms with Gasteiger partial charge in [-0.05, 0) is 19.8 Å². The normalized spacial score (nSPS) is 20.6. The van der Waals surface area contributed by atoms with Gasteiger partial charge in [0, 0.05) is 6.20 Å². The van der Waals surface area contributed by atoms with Crippen LogP contribution in [0, 0.1) is 0 Å². The van der Waals surface area contributed by atoms with E-state index in [4.69, 9.17) is 9.84 Å². The molecule has 1 aliphatic heterocycles. The minimum absolute atomic E-state index is 0.246. The Balaban J connectivity index is 2.71. The molecule has 0 radical (unpaired) electrons. The Morgan fingerprint density at radius 3 is 2.93 bits per heavy atom. The molecule has 5 nitrogen and oxygen atoms in total. The van der Waals surface area contributed by atoms with Crippen LogP contribution in [0.25, 0.3) is 0 Å². The maximum absolute atomic E-state index is 11.3. The van der Waals surface area contributed by atoms with Gasteiger partial charge in [0.1, 0.15) is 6.04 Å². The van der Waals surface area contributed by atoms with Crippen LogP contribution >= 0.6 is 0 Å². The quantitative estimate of drug-likeness (QED) is 0.725. The minimum Gasteiger partial charge on any atom is -0.480 e. The lowest BCUT2D eigenvalue weighted by molar-refractivity contribution is -0.142. The topological polar surface area (TPSA) is 66.8 Å². The second-order valence-electron chi connectivity index (χ2n) is 2.92. The van der Waals surface area contributed by atoms with Crippen LogP contribution in [0.2, 0.25) is 0 Å². The summed E-state index contributed by atoms with van der Waals surface area (Å²) in [6, 6.07) is -0.793. The van der Waals surface area contributed by atoms with Gasteiger partial charge < -0.3 is 9.84 Å². The molecule has 1 aliphatic rings. The number of rotatable bonds is 2. The number of amides is 1. The van der Waals surface area contributed by atoms with Crippen LogP contribution in [0.1, 0.15) is 19.8 Å². The van der Waals surface area contributed by atoms with Gasteiger partial charge in [-0.15, -0.1) is 0 Å². The fraction of sp³-hybridized carbons (Fsp3) is 0.556. The van der Waals surface area contributed by atoms with Crippen molar-refractivity contribution in [2.75, 3.05) is 6.61 Å². The highest BCUT2D eigenvalue weighted by atomic mass is 16.6. The zero-order valence-electron chi connectivity index (χ0n) is 7.97. The predicted molar refractivity (Wildman–Crippen MR) is 48.7 cm³/mol. The molecule has 78 valence electrons. The molecule has 0 aliphatic carbocycles. The van der Waals surface area contributed by atoms with Crippen LogP contribution in [-0.4, -0.2) is 34.7 Å².